The number of fused-ring (bicyclic) bond motifs is 12. The van der Waals surface area contributed by atoms with Crippen molar-refractivity contribution in [3.63, 3.8) is 0 Å². The Morgan fingerprint density at radius 3 is 1.02 bits per heavy atom. The Hall–Kier alpha value is -11.5. The fourth-order valence-electron chi connectivity index (χ4n) is 14.3. The fourth-order valence-corrected chi connectivity index (χ4v) is 14.3. The number of anilines is 6. The van der Waals surface area contributed by atoms with E-state index < -0.39 is 0 Å². The molecule has 1 aliphatic rings. The summed E-state index contributed by atoms with van der Waals surface area (Å²) in [5.41, 5.74) is 24.9. The lowest BCUT2D eigenvalue weighted by Crippen LogP contribution is -2.15. The first-order valence-corrected chi connectivity index (χ1v) is 31.1. The average molecular weight is 1150 g/mol. The van der Waals surface area contributed by atoms with Gasteiger partial charge in [-0.1, -0.05) is 250 Å². The Morgan fingerprint density at radius 2 is 0.556 bits per heavy atom. The van der Waals surface area contributed by atoms with Crippen molar-refractivity contribution in [2.24, 2.45) is 0 Å². The highest BCUT2D eigenvalue weighted by atomic mass is 16.3. The van der Waals surface area contributed by atoms with E-state index in [0.29, 0.717) is 0 Å². The molecule has 0 fully saturated rings. The minimum atomic E-state index is -0.196. The quantitative estimate of drug-likeness (QED) is 0.120. The summed E-state index contributed by atoms with van der Waals surface area (Å²) < 4.78 is 6.50. The maximum atomic E-state index is 6.50. The molecule has 0 atom stereocenters. The molecule has 0 saturated carbocycles. The molecule has 424 valence electrons. The zero-order chi connectivity index (χ0) is 59.9. The highest BCUT2D eigenvalue weighted by molar-refractivity contribution is 6.26. The summed E-state index contributed by atoms with van der Waals surface area (Å²) in [5.74, 6) is 0. The topological polar surface area (TPSA) is 19.6 Å². The van der Waals surface area contributed by atoms with E-state index >= 15 is 0 Å². The lowest BCUT2D eigenvalue weighted by atomic mass is 9.81. The van der Waals surface area contributed by atoms with Gasteiger partial charge in [-0.15, -0.1) is 0 Å². The first-order chi connectivity index (χ1) is 44.4. The molecule has 1 heterocycles. The fraction of sp³-hybridized carbons (Fsp3) is 0.0345. The lowest BCUT2D eigenvalue weighted by Gasteiger charge is -2.27. The normalized spacial score (nSPS) is 12.4. The summed E-state index contributed by atoms with van der Waals surface area (Å²) in [6.45, 7) is 4.78. The number of para-hydroxylation sites is 2. The molecule has 0 unspecified atom stereocenters. The highest BCUT2D eigenvalue weighted by Crippen LogP contribution is 2.53. The molecule has 15 aromatic carbocycles. The van der Waals surface area contributed by atoms with Crippen LogP contribution < -0.4 is 9.80 Å². The highest BCUT2D eigenvalue weighted by Gasteiger charge is 2.37. The van der Waals surface area contributed by atoms with Crippen LogP contribution in [0.3, 0.4) is 0 Å². The Balaban J connectivity index is 0.725. The van der Waals surface area contributed by atoms with Gasteiger partial charge in [0.25, 0.3) is 0 Å². The summed E-state index contributed by atoms with van der Waals surface area (Å²) >= 11 is 0. The zero-order valence-electron chi connectivity index (χ0n) is 50.0. The third kappa shape index (κ3) is 8.96. The van der Waals surface area contributed by atoms with Crippen molar-refractivity contribution >= 4 is 88.4 Å². The SMILES string of the molecule is CC1(C)c2ccc(N(c3ccc(-c4ccccc4)cc3)c3ccc(-c4ccc(N(c5ccc(-c6ccc(-c7ccccc7)cc6)cc5)c5ccc(-c6cccc7c6oc6ccccc67)cc5)cc4)cc3)cc2-c2cc3c4ccccc4c4ccccc4c3cc21. The van der Waals surface area contributed by atoms with Crippen LogP contribution in [0.1, 0.15) is 25.0 Å². The second kappa shape index (κ2) is 21.4. The van der Waals surface area contributed by atoms with Crippen molar-refractivity contribution in [1.29, 1.82) is 0 Å². The molecule has 0 amide bonds. The molecule has 0 aliphatic heterocycles. The predicted molar refractivity (Wildman–Crippen MR) is 380 cm³/mol. The Bertz CT molecular complexity index is 5380. The monoisotopic (exact) mass is 1150 g/mol. The summed E-state index contributed by atoms with van der Waals surface area (Å²) in [6, 6.07) is 120. The van der Waals surface area contributed by atoms with E-state index in [2.05, 4.69) is 339 Å². The first-order valence-electron chi connectivity index (χ1n) is 31.1. The van der Waals surface area contributed by atoms with Crippen LogP contribution in [0.15, 0.2) is 332 Å². The molecule has 16 aromatic rings. The first kappa shape index (κ1) is 52.8. The van der Waals surface area contributed by atoms with Crippen LogP contribution in [0.5, 0.6) is 0 Å². The Labute approximate surface area is 524 Å². The maximum Gasteiger partial charge on any atom is 0.143 e. The number of hydrogen-bond acceptors (Lipinski definition) is 3. The van der Waals surface area contributed by atoms with Crippen molar-refractivity contribution in [3.8, 4) is 66.8 Å². The standard InChI is InChI=1S/C87H60N2O/c1-87(2)83-53-52-71(54-81(83)82-55-79-75-22-11-9-20-73(75)74-21-10-12-23-76(74)80(79)56-84(82)87)89(69-46-32-61(33-47-69)58-18-7-4-8-19-58)70-48-38-64(39-49-70)63-36-44-67(45-37-63)88(66-42-34-62(35-43-66)60-30-28-59(29-31-60)57-16-5-3-6-17-57)68-50-40-65(41-51-68)72-25-15-26-78-77-24-13-14-27-85(77)90-86(72)78/h3-56H,1-2H3. The molecule has 0 saturated heterocycles. The van der Waals surface area contributed by atoms with Gasteiger partial charge in [0.1, 0.15) is 11.2 Å². The van der Waals surface area contributed by atoms with Crippen LogP contribution in [-0.2, 0) is 5.41 Å². The van der Waals surface area contributed by atoms with Gasteiger partial charge in [0.15, 0.2) is 0 Å². The van der Waals surface area contributed by atoms with Gasteiger partial charge in [0, 0.05) is 55.9 Å². The second-order valence-electron chi connectivity index (χ2n) is 24.4. The molecule has 0 spiro atoms. The van der Waals surface area contributed by atoms with Gasteiger partial charge in [-0.2, -0.15) is 0 Å². The van der Waals surface area contributed by atoms with Crippen molar-refractivity contribution in [3.05, 3.63) is 339 Å². The average Bonchev–Trinajstić information content (AvgIpc) is 1.52. The van der Waals surface area contributed by atoms with E-state index in [0.717, 1.165) is 83.9 Å². The van der Waals surface area contributed by atoms with E-state index in [-0.39, 0.29) is 5.41 Å². The largest absolute Gasteiger partial charge is 0.455 e. The summed E-state index contributed by atoms with van der Waals surface area (Å²) in [6.07, 6.45) is 0. The molecule has 0 N–H and O–H groups in total. The van der Waals surface area contributed by atoms with E-state index in [1.165, 1.54) is 82.4 Å². The summed E-state index contributed by atoms with van der Waals surface area (Å²) in [7, 11) is 0. The number of rotatable bonds is 11. The van der Waals surface area contributed by atoms with Crippen molar-refractivity contribution in [2.75, 3.05) is 9.80 Å². The predicted octanol–water partition coefficient (Wildman–Crippen LogP) is 24.6. The molecule has 3 heteroatoms. The van der Waals surface area contributed by atoms with Gasteiger partial charge in [-0.3, -0.25) is 0 Å². The third-order valence-electron chi connectivity index (χ3n) is 18.9. The molecule has 17 rings (SSSR count). The van der Waals surface area contributed by atoms with Gasteiger partial charge in [0.05, 0.1) is 0 Å². The molecular weight excluding hydrogens is 1090 g/mol. The van der Waals surface area contributed by atoms with Crippen LogP contribution in [-0.4, -0.2) is 0 Å². The van der Waals surface area contributed by atoms with Gasteiger partial charge in [0.2, 0.25) is 0 Å². The van der Waals surface area contributed by atoms with Gasteiger partial charge in [-0.05, 0) is 196 Å². The van der Waals surface area contributed by atoms with Crippen LogP contribution in [0, 0.1) is 0 Å². The number of nitrogens with zero attached hydrogens (tertiary/aromatic N) is 2. The minimum absolute atomic E-state index is 0.196. The molecule has 3 nitrogen and oxygen atoms in total. The minimum Gasteiger partial charge on any atom is -0.455 e. The van der Waals surface area contributed by atoms with Gasteiger partial charge >= 0.3 is 0 Å². The number of benzene rings is 15. The smallest absolute Gasteiger partial charge is 0.143 e. The van der Waals surface area contributed by atoms with Crippen molar-refractivity contribution in [1.82, 2.24) is 0 Å². The Kier molecular flexibility index (Phi) is 12.6. The van der Waals surface area contributed by atoms with Crippen LogP contribution in [0.2, 0.25) is 0 Å². The zero-order valence-corrected chi connectivity index (χ0v) is 50.0. The molecule has 90 heavy (non-hydrogen) atoms. The number of furan rings is 1. The van der Waals surface area contributed by atoms with E-state index in [1.54, 1.807) is 0 Å². The van der Waals surface area contributed by atoms with E-state index in [1.807, 2.05) is 12.1 Å². The third-order valence-corrected chi connectivity index (χ3v) is 18.9. The van der Waals surface area contributed by atoms with E-state index in [9.17, 15) is 0 Å². The van der Waals surface area contributed by atoms with Crippen LogP contribution in [0.4, 0.5) is 34.1 Å². The molecule has 1 aliphatic carbocycles. The van der Waals surface area contributed by atoms with Crippen LogP contribution >= 0.6 is 0 Å². The van der Waals surface area contributed by atoms with E-state index in [4.69, 9.17) is 4.42 Å². The van der Waals surface area contributed by atoms with Gasteiger partial charge in [-0.25, -0.2) is 0 Å². The van der Waals surface area contributed by atoms with Gasteiger partial charge < -0.3 is 14.2 Å². The molecular formula is C87H60N2O. The Morgan fingerprint density at radius 1 is 0.222 bits per heavy atom. The molecule has 0 radical (unpaired) electrons. The lowest BCUT2D eigenvalue weighted by molar-refractivity contribution is 0.661. The van der Waals surface area contributed by atoms with Crippen molar-refractivity contribution < 1.29 is 4.42 Å². The number of hydrogen-bond donors (Lipinski definition) is 0. The van der Waals surface area contributed by atoms with Crippen molar-refractivity contribution in [2.45, 2.75) is 19.3 Å². The summed E-state index contributed by atoms with van der Waals surface area (Å²) in [4.78, 5) is 4.77. The molecule has 0 bridgehead atoms. The second-order valence-corrected chi connectivity index (χ2v) is 24.4. The molecule has 1 aromatic heterocycles. The maximum absolute atomic E-state index is 6.50. The summed E-state index contributed by atoms with van der Waals surface area (Å²) in [5, 5.41) is 10.0. The van der Waals surface area contributed by atoms with Crippen LogP contribution in [0.25, 0.3) is 121 Å².